The molecule has 0 bridgehead atoms. The van der Waals surface area contributed by atoms with Gasteiger partial charge in [-0.3, -0.25) is 14.4 Å². The molecule has 3 heteroatoms. The first-order valence-corrected chi connectivity index (χ1v) is 13.2. The van der Waals surface area contributed by atoms with E-state index in [0.29, 0.717) is 6.42 Å². The van der Waals surface area contributed by atoms with Crippen LogP contribution in [0.25, 0.3) is 0 Å². The van der Waals surface area contributed by atoms with Crippen LogP contribution < -0.4 is 0 Å². The van der Waals surface area contributed by atoms with Crippen LogP contribution >= 0.6 is 0 Å². The average molecular weight is 434 g/mol. The highest BCUT2D eigenvalue weighted by molar-refractivity contribution is 5.93. The highest BCUT2D eigenvalue weighted by Gasteiger charge is 2.20. The van der Waals surface area contributed by atoms with Gasteiger partial charge in [-0.05, 0) is 38.5 Å². The number of rotatable bonds is 24. The fraction of sp³-hybridized carbons (Fsp3) is 0.821. The van der Waals surface area contributed by atoms with Crippen molar-refractivity contribution in [2.75, 3.05) is 0 Å². The third-order valence-corrected chi connectivity index (χ3v) is 6.04. The molecule has 179 valence electrons. The first kappa shape index (κ1) is 29.8. The Bertz CT molecular complexity index is 467. The lowest BCUT2D eigenvalue weighted by Crippen LogP contribution is -2.19. The molecule has 0 aliphatic rings. The van der Waals surface area contributed by atoms with Crippen molar-refractivity contribution >= 4 is 17.9 Å². The van der Waals surface area contributed by atoms with Crippen LogP contribution in [0.1, 0.15) is 142 Å². The van der Waals surface area contributed by atoms with Gasteiger partial charge in [-0.25, -0.2) is 0 Å². The van der Waals surface area contributed by atoms with Crippen LogP contribution in [0.2, 0.25) is 0 Å². The van der Waals surface area contributed by atoms with E-state index < -0.39 is 0 Å². The molecule has 0 spiro atoms. The summed E-state index contributed by atoms with van der Waals surface area (Å²) in [6.07, 6.45) is 26.7. The summed E-state index contributed by atoms with van der Waals surface area (Å²) in [7, 11) is 0. The molecule has 1 atom stereocenters. The Hall–Kier alpha value is -1.25. The Morgan fingerprint density at radius 1 is 0.710 bits per heavy atom. The summed E-state index contributed by atoms with van der Waals surface area (Å²) in [5.74, 6) is -0.114. The molecular formula is C28H49O3. The van der Waals surface area contributed by atoms with Gasteiger partial charge in [0.15, 0.2) is 0 Å². The molecule has 0 aromatic heterocycles. The fourth-order valence-corrected chi connectivity index (χ4v) is 4.02. The first-order chi connectivity index (χ1) is 15.2. The zero-order valence-electron chi connectivity index (χ0n) is 20.6. The van der Waals surface area contributed by atoms with Crippen molar-refractivity contribution in [2.24, 2.45) is 5.92 Å². The van der Waals surface area contributed by atoms with Crippen LogP contribution in [0, 0.1) is 5.92 Å². The summed E-state index contributed by atoms with van der Waals surface area (Å²) in [5, 5.41) is 0. The molecule has 1 unspecified atom stereocenters. The highest BCUT2D eigenvalue weighted by Crippen LogP contribution is 2.20. The number of Topliss-reactive ketones (excluding diaryl/α,β-unsaturated/α-hetero) is 2. The van der Waals surface area contributed by atoms with Gasteiger partial charge in [-0.15, -0.1) is 0 Å². The maximum atomic E-state index is 12.7. The minimum absolute atomic E-state index is 0.139. The topological polar surface area (TPSA) is 51.2 Å². The summed E-state index contributed by atoms with van der Waals surface area (Å²) >= 11 is 0. The van der Waals surface area contributed by atoms with E-state index in [-0.39, 0.29) is 30.3 Å². The summed E-state index contributed by atoms with van der Waals surface area (Å²) < 4.78 is 0. The Morgan fingerprint density at radius 3 is 1.81 bits per heavy atom. The van der Waals surface area contributed by atoms with Crippen molar-refractivity contribution in [3.05, 3.63) is 12.2 Å². The SMILES string of the molecule is CCCCCCC=CCCCCCC(=O)C(CCCCCCCCC)CC(=O)C[C]=O. The van der Waals surface area contributed by atoms with E-state index in [0.717, 1.165) is 44.9 Å². The van der Waals surface area contributed by atoms with Crippen molar-refractivity contribution in [3.63, 3.8) is 0 Å². The number of carbonyl (C=O) groups excluding carboxylic acids is 3. The lowest BCUT2D eigenvalue weighted by Gasteiger charge is -2.15. The van der Waals surface area contributed by atoms with Crippen molar-refractivity contribution in [1.29, 1.82) is 0 Å². The lowest BCUT2D eigenvalue weighted by atomic mass is 9.88. The van der Waals surface area contributed by atoms with Crippen LogP contribution in [-0.2, 0) is 14.4 Å². The summed E-state index contributed by atoms with van der Waals surface area (Å²) in [6.45, 7) is 4.45. The van der Waals surface area contributed by atoms with Crippen molar-refractivity contribution in [3.8, 4) is 0 Å². The number of carbonyl (C=O) groups is 2. The molecule has 0 fully saturated rings. The molecule has 0 aliphatic carbocycles. The molecule has 0 aliphatic heterocycles. The van der Waals surface area contributed by atoms with Gasteiger partial charge in [0.05, 0.1) is 6.42 Å². The zero-order valence-corrected chi connectivity index (χ0v) is 20.6. The third kappa shape index (κ3) is 20.4. The van der Waals surface area contributed by atoms with Crippen molar-refractivity contribution < 1.29 is 14.4 Å². The van der Waals surface area contributed by atoms with Gasteiger partial charge in [-0.2, -0.15) is 0 Å². The predicted octanol–water partition coefficient (Wildman–Crippen LogP) is 8.25. The molecule has 0 heterocycles. The van der Waals surface area contributed by atoms with Gasteiger partial charge < -0.3 is 0 Å². The predicted molar refractivity (Wildman–Crippen MR) is 132 cm³/mol. The minimum atomic E-state index is -0.195. The molecule has 0 saturated carbocycles. The molecule has 31 heavy (non-hydrogen) atoms. The smallest absolute Gasteiger partial charge is 0.206 e. The first-order valence-electron chi connectivity index (χ1n) is 13.2. The molecule has 0 N–H and O–H groups in total. The van der Waals surface area contributed by atoms with Crippen LogP contribution in [0.5, 0.6) is 0 Å². The number of hydrogen-bond acceptors (Lipinski definition) is 3. The fourth-order valence-electron chi connectivity index (χ4n) is 4.02. The number of unbranched alkanes of at least 4 members (excludes halogenated alkanes) is 13. The van der Waals surface area contributed by atoms with E-state index >= 15 is 0 Å². The van der Waals surface area contributed by atoms with E-state index in [2.05, 4.69) is 26.0 Å². The summed E-state index contributed by atoms with van der Waals surface area (Å²) in [5.41, 5.74) is 0. The molecule has 0 aromatic carbocycles. The number of allylic oxidation sites excluding steroid dienone is 2. The molecule has 0 rings (SSSR count). The molecular weight excluding hydrogens is 384 g/mol. The monoisotopic (exact) mass is 433 g/mol. The second-order valence-electron chi connectivity index (χ2n) is 9.06. The van der Waals surface area contributed by atoms with E-state index in [1.165, 1.54) is 64.2 Å². The second-order valence-corrected chi connectivity index (χ2v) is 9.06. The van der Waals surface area contributed by atoms with Crippen molar-refractivity contribution in [1.82, 2.24) is 0 Å². The standard InChI is InChI=1S/C28H49O3/c1-3-5-7-9-11-12-13-14-16-18-20-22-28(31)26(25-27(30)23-24-29)21-19-17-15-10-8-6-4-2/h12-13,26H,3-11,14-23,25H2,1-2H3. The van der Waals surface area contributed by atoms with Crippen LogP contribution in [0.15, 0.2) is 12.2 Å². The maximum absolute atomic E-state index is 12.7. The Balaban J connectivity index is 4.05. The van der Waals surface area contributed by atoms with E-state index in [1.54, 1.807) is 6.29 Å². The molecule has 0 amide bonds. The van der Waals surface area contributed by atoms with Gasteiger partial charge in [0.1, 0.15) is 11.6 Å². The van der Waals surface area contributed by atoms with Gasteiger partial charge in [0.25, 0.3) is 0 Å². The summed E-state index contributed by atoms with van der Waals surface area (Å²) in [6, 6.07) is 0. The Labute approximate surface area is 192 Å². The van der Waals surface area contributed by atoms with Crippen LogP contribution in [0.4, 0.5) is 0 Å². The van der Waals surface area contributed by atoms with E-state index in [9.17, 15) is 14.4 Å². The second kappa shape index (κ2) is 23.4. The quantitative estimate of drug-likeness (QED) is 0.0874. The zero-order chi connectivity index (χ0) is 23.0. The summed E-state index contributed by atoms with van der Waals surface area (Å²) in [4.78, 5) is 35.1. The Morgan fingerprint density at radius 2 is 1.23 bits per heavy atom. The highest BCUT2D eigenvalue weighted by atomic mass is 16.1. The minimum Gasteiger partial charge on any atom is -0.299 e. The van der Waals surface area contributed by atoms with Crippen LogP contribution in [-0.4, -0.2) is 17.9 Å². The average Bonchev–Trinajstić information content (AvgIpc) is 2.76. The molecule has 1 radical (unpaired) electrons. The third-order valence-electron chi connectivity index (χ3n) is 6.04. The Kier molecular flexibility index (Phi) is 22.5. The van der Waals surface area contributed by atoms with Crippen molar-refractivity contribution in [2.45, 2.75) is 142 Å². The van der Waals surface area contributed by atoms with Crippen LogP contribution in [0.3, 0.4) is 0 Å². The number of hydrogen-bond donors (Lipinski definition) is 0. The molecule has 3 nitrogen and oxygen atoms in total. The van der Waals surface area contributed by atoms with Gasteiger partial charge in [0.2, 0.25) is 6.29 Å². The molecule has 0 saturated heterocycles. The molecule has 0 aromatic rings. The largest absolute Gasteiger partial charge is 0.299 e. The normalized spacial score (nSPS) is 12.3. The van der Waals surface area contributed by atoms with Gasteiger partial charge >= 0.3 is 0 Å². The van der Waals surface area contributed by atoms with E-state index in [1.807, 2.05) is 0 Å². The van der Waals surface area contributed by atoms with E-state index in [4.69, 9.17) is 0 Å². The lowest BCUT2D eigenvalue weighted by molar-refractivity contribution is -0.128. The number of ketones is 2. The van der Waals surface area contributed by atoms with Gasteiger partial charge in [-0.1, -0.05) is 96.6 Å². The van der Waals surface area contributed by atoms with Gasteiger partial charge in [0, 0.05) is 18.8 Å². The maximum Gasteiger partial charge on any atom is 0.206 e.